The molecule has 2 rings (SSSR count). The number of aromatic nitrogens is 1. The van der Waals surface area contributed by atoms with E-state index < -0.39 is 5.60 Å². The van der Waals surface area contributed by atoms with Gasteiger partial charge in [-0.3, -0.25) is 9.80 Å². The molecule has 140 valence electrons. The van der Waals surface area contributed by atoms with Crippen LogP contribution in [0.5, 0.6) is 0 Å². The van der Waals surface area contributed by atoms with Crippen molar-refractivity contribution in [2.24, 2.45) is 0 Å². The normalized spacial score (nSPS) is 18.8. The summed E-state index contributed by atoms with van der Waals surface area (Å²) in [5.74, 6) is 0.641. The van der Waals surface area contributed by atoms with E-state index in [1.807, 2.05) is 46.9 Å². The highest BCUT2D eigenvalue weighted by atomic mass is 16.6. The lowest BCUT2D eigenvalue weighted by atomic mass is 10.1. The minimum atomic E-state index is -0.522. The molecule has 0 aromatic carbocycles. The van der Waals surface area contributed by atoms with Crippen LogP contribution in [0.3, 0.4) is 0 Å². The number of carbonyl (C=O) groups excluding carboxylic acids is 1. The number of nitrogens with zero attached hydrogens (tertiary/aromatic N) is 3. The predicted molar refractivity (Wildman–Crippen MR) is 102 cm³/mol. The first kappa shape index (κ1) is 19.7. The van der Waals surface area contributed by atoms with Gasteiger partial charge in [-0.15, -0.1) is 0 Å². The number of rotatable bonds is 4. The Labute approximate surface area is 152 Å². The Morgan fingerprint density at radius 1 is 1.28 bits per heavy atom. The van der Waals surface area contributed by atoms with E-state index in [2.05, 4.69) is 29.8 Å². The SMILES string of the molecule is CC(C)N(C(=O)OC(C)(C)C)c1ccc([C@@H]2CCCN2C(C)C)cn1. The van der Waals surface area contributed by atoms with Gasteiger partial charge in [0, 0.05) is 24.3 Å². The van der Waals surface area contributed by atoms with Crippen molar-refractivity contribution in [1.82, 2.24) is 9.88 Å². The maximum atomic E-state index is 12.5. The lowest BCUT2D eigenvalue weighted by Gasteiger charge is -2.30. The number of hydrogen-bond acceptors (Lipinski definition) is 4. The third-order valence-corrected chi connectivity index (χ3v) is 4.47. The van der Waals surface area contributed by atoms with Crippen LogP contribution in [0, 0.1) is 0 Å². The summed E-state index contributed by atoms with van der Waals surface area (Å²) in [6.45, 7) is 15.2. The summed E-state index contributed by atoms with van der Waals surface area (Å²) in [5.41, 5.74) is 0.703. The molecule has 0 N–H and O–H groups in total. The molecule has 2 heterocycles. The number of pyridine rings is 1. The Bertz CT molecular complexity index is 576. The zero-order valence-electron chi connectivity index (χ0n) is 16.7. The highest BCUT2D eigenvalue weighted by Crippen LogP contribution is 2.33. The van der Waals surface area contributed by atoms with Gasteiger partial charge in [0.1, 0.15) is 11.4 Å². The molecule has 1 aliphatic rings. The highest BCUT2D eigenvalue weighted by molar-refractivity contribution is 5.87. The molecule has 1 fully saturated rings. The van der Waals surface area contributed by atoms with E-state index >= 15 is 0 Å². The Kier molecular flexibility index (Phi) is 6.09. The predicted octanol–water partition coefficient (Wildman–Crippen LogP) is 4.78. The van der Waals surface area contributed by atoms with Crippen LogP contribution in [0.2, 0.25) is 0 Å². The average Bonchev–Trinajstić information content (AvgIpc) is 2.95. The van der Waals surface area contributed by atoms with E-state index in [0.717, 1.165) is 6.54 Å². The van der Waals surface area contributed by atoms with Crippen LogP contribution in [0.15, 0.2) is 18.3 Å². The highest BCUT2D eigenvalue weighted by Gasteiger charge is 2.29. The molecule has 5 nitrogen and oxygen atoms in total. The quantitative estimate of drug-likeness (QED) is 0.786. The summed E-state index contributed by atoms with van der Waals surface area (Å²) < 4.78 is 5.53. The molecule has 0 aliphatic carbocycles. The van der Waals surface area contributed by atoms with Gasteiger partial charge in [-0.25, -0.2) is 9.78 Å². The summed E-state index contributed by atoms with van der Waals surface area (Å²) in [4.78, 5) is 21.3. The van der Waals surface area contributed by atoms with Gasteiger partial charge < -0.3 is 4.74 Å². The van der Waals surface area contributed by atoms with Gasteiger partial charge >= 0.3 is 6.09 Å². The molecule has 0 saturated carbocycles. The Morgan fingerprint density at radius 3 is 2.44 bits per heavy atom. The smallest absolute Gasteiger partial charge is 0.416 e. The fraction of sp³-hybridized carbons (Fsp3) is 0.700. The largest absolute Gasteiger partial charge is 0.443 e. The van der Waals surface area contributed by atoms with Crippen molar-refractivity contribution < 1.29 is 9.53 Å². The molecule has 0 unspecified atom stereocenters. The van der Waals surface area contributed by atoms with Crippen LogP contribution >= 0.6 is 0 Å². The molecule has 25 heavy (non-hydrogen) atoms. The van der Waals surface area contributed by atoms with Crippen molar-refractivity contribution in [2.45, 2.75) is 85.0 Å². The van der Waals surface area contributed by atoms with Gasteiger partial charge in [-0.05, 0) is 79.5 Å². The number of likely N-dealkylation sites (tertiary alicyclic amines) is 1. The molecule has 5 heteroatoms. The van der Waals surface area contributed by atoms with Crippen molar-refractivity contribution in [1.29, 1.82) is 0 Å². The van der Waals surface area contributed by atoms with Crippen LogP contribution in [0.4, 0.5) is 10.6 Å². The lowest BCUT2D eigenvalue weighted by Crippen LogP contribution is -2.41. The molecule has 1 aliphatic heterocycles. The molecule has 0 bridgehead atoms. The lowest BCUT2D eigenvalue weighted by molar-refractivity contribution is 0.0569. The first-order chi connectivity index (χ1) is 11.6. The summed E-state index contributed by atoms with van der Waals surface area (Å²) in [6, 6.07) is 4.98. The van der Waals surface area contributed by atoms with Gasteiger partial charge in [0.25, 0.3) is 0 Å². The first-order valence-electron chi connectivity index (χ1n) is 9.34. The Balaban J connectivity index is 2.20. The van der Waals surface area contributed by atoms with Crippen molar-refractivity contribution >= 4 is 11.9 Å². The Hall–Kier alpha value is -1.62. The fourth-order valence-corrected chi connectivity index (χ4v) is 3.38. The van der Waals surface area contributed by atoms with E-state index in [-0.39, 0.29) is 12.1 Å². The van der Waals surface area contributed by atoms with Crippen LogP contribution < -0.4 is 4.90 Å². The topological polar surface area (TPSA) is 45.7 Å². The fourth-order valence-electron chi connectivity index (χ4n) is 3.38. The molecule has 1 atom stereocenters. The summed E-state index contributed by atoms with van der Waals surface area (Å²) in [6.07, 6.45) is 3.95. The van der Waals surface area contributed by atoms with Crippen LogP contribution in [0.1, 0.15) is 72.9 Å². The molecule has 1 amide bonds. The molecule has 0 radical (unpaired) electrons. The number of anilines is 1. The number of hydrogen-bond donors (Lipinski definition) is 0. The minimum Gasteiger partial charge on any atom is -0.443 e. The van der Waals surface area contributed by atoms with Crippen LogP contribution in [-0.2, 0) is 4.74 Å². The monoisotopic (exact) mass is 347 g/mol. The summed E-state index contributed by atoms with van der Waals surface area (Å²) in [5, 5.41) is 0. The molecule has 0 spiro atoms. The van der Waals surface area contributed by atoms with E-state index in [1.54, 1.807) is 4.90 Å². The van der Waals surface area contributed by atoms with Crippen molar-refractivity contribution in [3.8, 4) is 0 Å². The molecule has 1 aromatic rings. The number of amides is 1. The molecular weight excluding hydrogens is 314 g/mol. The van der Waals surface area contributed by atoms with Crippen LogP contribution in [0.25, 0.3) is 0 Å². The van der Waals surface area contributed by atoms with Gasteiger partial charge in [0.15, 0.2) is 0 Å². The standard InChI is InChI=1S/C20H33N3O2/c1-14(2)22-12-8-9-17(22)16-10-11-18(21-13-16)23(15(3)4)19(24)25-20(5,6)7/h10-11,13-15,17H,8-9,12H2,1-7H3/t17-/m0/s1. The van der Waals surface area contributed by atoms with Crippen LogP contribution in [-0.4, -0.2) is 40.2 Å². The third kappa shape index (κ3) is 4.94. The van der Waals surface area contributed by atoms with E-state index in [1.165, 1.54) is 18.4 Å². The molecule has 1 aromatic heterocycles. The minimum absolute atomic E-state index is 0.0214. The van der Waals surface area contributed by atoms with E-state index in [9.17, 15) is 4.79 Å². The second-order valence-corrected chi connectivity index (χ2v) is 8.38. The molecular formula is C20H33N3O2. The Morgan fingerprint density at radius 2 is 1.96 bits per heavy atom. The van der Waals surface area contributed by atoms with Crippen molar-refractivity contribution in [3.05, 3.63) is 23.9 Å². The zero-order chi connectivity index (χ0) is 18.8. The zero-order valence-corrected chi connectivity index (χ0v) is 16.7. The maximum absolute atomic E-state index is 12.5. The number of carbonyl (C=O) groups is 1. The second-order valence-electron chi connectivity index (χ2n) is 8.38. The van der Waals surface area contributed by atoms with Gasteiger partial charge in [0.2, 0.25) is 0 Å². The second kappa shape index (κ2) is 7.73. The average molecular weight is 348 g/mol. The van der Waals surface area contributed by atoms with Gasteiger partial charge in [0.05, 0.1) is 0 Å². The maximum Gasteiger partial charge on any atom is 0.416 e. The van der Waals surface area contributed by atoms with Crippen molar-refractivity contribution in [3.63, 3.8) is 0 Å². The summed E-state index contributed by atoms with van der Waals surface area (Å²) >= 11 is 0. The number of ether oxygens (including phenoxy) is 1. The first-order valence-corrected chi connectivity index (χ1v) is 9.34. The summed E-state index contributed by atoms with van der Waals surface area (Å²) in [7, 11) is 0. The molecule has 1 saturated heterocycles. The van der Waals surface area contributed by atoms with Crippen molar-refractivity contribution in [2.75, 3.05) is 11.4 Å². The van der Waals surface area contributed by atoms with Gasteiger partial charge in [-0.1, -0.05) is 6.07 Å². The van der Waals surface area contributed by atoms with E-state index in [4.69, 9.17) is 4.74 Å². The van der Waals surface area contributed by atoms with Gasteiger partial charge in [-0.2, -0.15) is 0 Å². The third-order valence-electron chi connectivity index (χ3n) is 4.47. The van der Waals surface area contributed by atoms with E-state index in [0.29, 0.717) is 17.9 Å².